The number of carbonyl (C=O) groups is 3. The molecule has 0 aromatic carbocycles. The zero-order valence-corrected chi connectivity index (χ0v) is 14.0. The highest BCUT2D eigenvalue weighted by molar-refractivity contribution is 6.00. The molecule has 0 aliphatic heterocycles. The van der Waals surface area contributed by atoms with Crippen LogP contribution in [0.4, 0.5) is 0 Å². The van der Waals surface area contributed by atoms with Crippen molar-refractivity contribution in [2.24, 2.45) is 0 Å². The molecule has 0 saturated heterocycles. The molecular formula is C18H34O6. The van der Waals surface area contributed by atoms with Gasteiger partial charge >= 0.3 is 17.9 Å². The van der Waals surface area contributed by atoms with Gasteiger partial charge in [0, 0.05) is 23.3 Å². The molecule has 0 amide bonds. The average Bonchev–Trinajstić information content (AvgIpc) is 2.40. The van der Waals surface area contributed by atoms with Crippen molar-refractivity contribution in [1.82, 2.24) is 0 Å². The Bertz CT molecular complexity index is 397. The number of hydrogen-bond acceptors (Lipinski definition) is 6. The minimum Gasteiger partial charge on any atom is -0.463 e. The smallest absolute Gasteiger partial charge is 0.340 e. The topological polar surface area (TPSA) is 89.9 Å². The highest BCUT2D eigenvalue weighted by Gasteiger charge is 2.10. The van der Waals surface area contributed by atoms with E-state index in [1.165, 1.54) is 13.8 Å². The standard InChI is InChI=1S/C8H10O3.C6H10O2.C2H6O.2CH4/c1-5(2)7(9)11-8(10)6(3)4;1-4-8-6(7)5(2)3;1-2-3;;/h1,3H2,2,4H3;2,4H2,1,3H3;3H,2H2,1H3;2*1H4. The first-order valence-electron chi connectivity index (χ1n) is 6.55. The summed E-state index contributed by atoms with van der Waals surface area (Å²) < 4.78 is 8.86. The van der Waals surface area contributed by atoms with Crippen molar-refractivity contribution >= 4 is 17.9 Å². The maximum Gasteiger partial charge on any atom is 0.340 e. The third-order valence-electron chi connectivity index (χ3n) is 1.51. The monoisotopic (exact) mass is 346 g/mol. The molecule has 0 rings (SSSR count). The molecule has 0 saturated carbocycles. The number of rotatable bonds is 4. The van der Waals surface area contributed by atoms with Crippen LogP contribution in [0.3, 0.4) is 0 Å². The fraction of sp³-hybridized carbons (Fsp3) is 0.500. The summed E-state index contributed by atoms with van der Waals surface area (Å²) in [4.78, 5) is 31.8. The van der Waals surface area contributed by atoms with Crippen LogP contribution in [-0.2, 0) is 23.9 Å². The van der Waals surface area contributed by atoms with Gasteiger partial charge in [-0.25, -0.2) is 14.4 Å². The maximum absolute atomic E-state index is 10.7. The van der Waals surface area contributed by atoms with Gasteiger partial charge < -0.3 is 14.6 Å². The van der Waals surface area contributed by atoms with Gasteiger partial charge in [0.05, 0.1) is 6.61 Å². The van der Waals surface area contributed by atoms with E-state index >= 15 is 0 Å². The lowest BCUT2D eigenvalue weighted by molar-refractivity contribution is -0.154. The number of hydrogen-bond donors (Lipinski definition) is 1. The highest BCUT2D eigenvalue weighted by atomic mass is 16.6. The molecule has 142 valence electrons. The Morgan fingerprint density at radius 2 is 1.04 bits per heavy atom. The Kier molecular flexibility index (Phi) is 28.9. The van der Waals surface area contributed by atoms with Crippen molar-refractivity contribution < 1.29 is 29.0 Å². The second kappa shape index (κ2) is 20.8. The Morgan fingerprint density at radius 3 is 1.17 bits per heavy atom. The summed E-state index contributed by atoms with van der Waals surface area (Å²) in [7, 11) is 0. The lowest BCUT2D eigenvalue weighted by atomic mass is 10.3. The van der Waals surface area contributed by atoms with Gasteiger partial charge in [-0.15, -0.1) is 0 Å². The molecule has 0 fully saturated rings. The lowest BCUT2D eigenvalue weighted by Gasteiger charge is -1.99. The molecule has 0 heterocycles. The van der Waals surface area contributed by atoms with Crippen molar-refractivity contribution in [3.8, 4) is 0 Å². The molecule has 24 heavy (non-hydrogen) atoms. The van der Waals surface area contributed by atoms with Crippen LogP contribution in [0.1, 0.15) is 49.5 Å². The number of esters is 3. The van der Waals surface area contributed by atoms with Crippen LogP contribution in [0, 0.1) is 0 Å². The lowest BCUT2D eigenvalue weighted by Crippen LogP contribution is -2.12. The predicted octanol–water partition coefficient (Wildman–Crippen LogP) is 3.60. The SMILES string of the molecule is C.C.C=C(C)C(=O)OC(=O)C(=C)C.C=C(C)C(=O)OCC.CCO. The molecule has 0 aliphatic carbocycles. The summed E-state index contributed by atoms with van der Waals surface area (Å²) in [5, 5.41) is 7.57. The second-order valence-corrected chi connectivity index (χ2v) is 4.05. The van der Waals surface area contributed by atoms with E-state index in [-0.39, 0.29) is 38.6 Å². The van der Waals surface area contributed by atoms with Crippen molar-refractivity contribution in [3.63, 3.8) is 0 Å². The molecule has 0 bridgehead atoms. The van der Waals surface area contributed by atoms with Crippen molar-refractivity contribution in [3.05, 3.63) is 36.5 Å². The fourth-order valence-electron chi connectivity index (χ4n) is 0.513. The van der Waals surface area contributed by atoms with Crippen LogP contribution >= 0.6 is 0 Å². The average molecular weight is 346 g/mol. The van der Waals surface area contributed by atoms with E-state index in [4.69, 9.17) is 5.11 Å². The summed E-state index contributed by atoms with van der Waals surface area (Å²) >= 11 is 0. The zero-order chi connectivity index (χ0) is 18.3. The van der Waals surface area contributed by atoms with Crippen molar-refractivity contribution in [1.29, 1.82) is 0 Å². The van der Waals surface area contributed by atoms with E-state index in [1.807, 2.05) is 0 Å². The van der Waals surface area contributed by atoms with Crippen LogP contribution in [0.25, 0.3) is 0 Å². The summed E-state index contributed by atoms with van der Waals surface area (Å²) in [5.74, 6) is -1.73. The third-order valence-corrected chi connectivity index (χ3v) is 1.51. The molecule has 0 aliphatic rings. The number of ether oxygens (including phenoxy) is 2. The molecule has 1 N–H and O–H groups in total. The van der Waals surface area contributed by atoms with Gasteiger partial charge in [0.25, 0.3) is 0 Å². The van der Waals surface area contributed by atoms with Gasteiger partial charge in [-0.1, -0.05) is 34.6 Å². The van der Waals surface area contributed by atoms with Crippen LogP contribution < -0.4 is 0 Å². The Hall–Kier alpha value is -2.21. The van der Waals surface area contributed by atoms with Crippen LogP contribution in [0.5, 0.6) is 0 Å². The summed E-state index contributed by atoms with van der Waals surface area (Å²) in [6.45, 7) is 18.7. The quantitative estimate of drug-likeness (QED) is 0.475. The zero-order valence-electron chi connectivity index (χ0n) is 14.0. The predicted molar refractivity (Wildman–Crippen MR) is 98.4 cm³/mol. The first kappa shape index (κ1) is 33.4. The normalized spacial score (nSPS) is 7.42. The van der Waals surface area contributed by atoms with Crippen LogP contribution in [0.2, 0.25) is 0 Å². The first-order chi connectivity index (χ1) is 10.0. The summed E-state index contributed by atoms with van der Waals surface area (Å²) in [6, 6.07) is 0. The van der Waals surface area contributed by atoms with Crippen LogP contribution in [-0.4, -0.2) is 36.2 Å². The van der Waals surface area contributed by atoms with Gasteiger partial charge in [0.2, 0.25) is 0 Å². The molecule has 0 aromatic heterocycles. The molecule has 0 aromatic rings. The summed E-state index contributed by atoms with van der Waals surface area (Å²) in [6.07, 6.45) is 0. The number of carbonyl (C=O) groups excluding carboxylic acids is 3. The largest absolute Gasteiger partial charge is 0.463 e. The Balaban J connectivity index is -0.0000000825. The minimum absolute atomic E-state index is 0. The van der Waals surface area contributed by atoms with Crippen LogP contribution in [0.15, 0.2) is 36.5 Å². The number of aliphatic hydroxyl groups is 1. The van der Waals surface area contributed by atoms with Gasteiger partial charge in [-0.3, -0.25) is 0 Å². The first-order valence-corrected chi connectivity index (χ1v) is 6.55. The number of aliphatic hydroxyl groups excluding tert-OH is 1. The molecule has 0 radical (unpaired) electrons. The van der Waals surface area contributed by atoms with Crippen molar-refractivity contribution in [2.75, 3.05) is 13.2 Å². The highest BCUT2D eigenvalue weighted by Crippen LogP contribution is 1.97. The maximum atomic E-state index is 10.7. The van der Waals surface area contributed by atoms with Gasteiger partial charge in [0.1, 0.15) is 0 Å². The van der Waals surface area contributed by atoms with E-state index in [0.29, 0.717) is 12.2 Å². The Morgan fingerprint density at radius 1 is 0.792 bits per heavy atom. The molecule has 0 spiro atoms. The van der Waals surface area contributed by atoms with E-state index in [1.54, 1.807) is 20.8 Å². The van der Waals surface area contributed by atoms with Gasteiger partial charge in [0.15, 0.2) is 0 Å². The second-order valence-electron chi connectivity index (χ2n) is 4.05. The third kappa shape index (κ3) is 24.8. The minimum atomic E-state index is -0.710. The van der Waals surface area contributed by atoms with E-state index < -0.39 is 11.9 Å². The van der Waals surface area contributed by atoms with E-state index in [0.717, 1.165) is 0 Å². The Labute approximate surface area is 146 Å². The van der Waals surface area contributed by atoms with Crippen molar-refractivity contribution in [2.45, 2.75) is 49.5 Å². The van der Waals surface area contributed by atoms with Gasteiger partial charge in [-0.2, -0.15) is 0 Å². The summed E-state index contributed by atoms with van der Waals surface area (Å²) in [5.41, 5.74) is 0.839. The van der Waals surface area contributed by atoms with E-state index in [9.17, 15) is 14.4 Å². The molecule has 6 nitrogen and oxygen atoms in total. The molecule has 0 atom stereocenters. The fourth-order valence-corrected chi connectivity index (χ4v) is 0.513. The van der Waals surface area contributed by atoms with E-state index in [2.05, 4.69) is 29.2 Å². The molecule has 6 heteroatoms. The molecule has 0 unspecified atom stereocenters. The molecular weight excluding hydrogens is 312 g/mol. The van der Waals surface area contributed by atoms with Gasteiger partial charge in [-0.05, 0) is 34.6 Å².